The van der Waals surface area contributed by atoms with Gasteiger partial charge in [0.1, 0.15) is 34.5 Å². The van der Waals surface area contributed by atoms with Crippen LogP contribution in [0.3, 0.4) is 0 Å². The molecule has 0 unspecified atom stereocenters. The topological polar surface area (TPSA) is 128 Å². The van der Waals surface area contributed by atoms with Crippen LogP contribution in [0.2, 0.25) is 0 Å². The van der Waals surface area contributed by atoms with E-state index in [1.165, 1.54) is 38.1 Å². The normalized spacial score (nSPS) is 12.2. The minimum absolute atomic E-state index is 0.0300. The quantitative estimate of drug-likeness (QED) is 0.399. The van der Waals surface area contributed by atoms with Gasteiger partial charge in [0.2, 0.25) is 0 Å². The number of nitrogens with one attached hydrogen (secondary N) is 2. The number of anilines is 3. The Morgan fingerprint density at radius 2 is 1.94 bits per heavy atom. The van der Waals surface area contributed by atoms with Crippen molar-refractivity contribution >= 4 is 29.1 Å². The van der Waals surface area contributed by atoms with Crippen molar-refractivity contribution in [3.8, 4) is 11.3 Å². The largest absolute Gasteiger partial charge is 0.365 e. The molecule has 0 aliphatic carbocycles. The number of aromatic nitrogens is 4. The first-order valence-corrected chi connectivity index (χ1v) is 11.1. The van der Waals surface area contributed by atoms with Crippen LogP contribution in [0.5, 0.6) is 0 Å². The minimum atomic E-state index is -0.775. The lowest BCUT2D eigenvalue weighted by Crippen LogP contribution is -2.16. The smallest absolute Gasteiger partial charge is 0.257 e. The van der Waals surface area contributed by atoms with Gasteiger partial charge in [-0.05, 0) is 55.8 Å². The summed E-state index contributed by atoms with van der Waals surface area (Å²) in [5.74, 6) is -2.12. The van der Waals surface area contributed by atoms with E-state index in [0.29, 0.717) is 24.5 Å². The standard InChI is InChI=1S/C25H21F2N7O2/c1-12-14(25(36)32-19-8-7-16(26)13(2)30-19)5-6-15(21(12)27)22-20(23(28)35)24-31-18-4-3-10-29-17(18)9-11-34(24)33-22/h3-8,10,31H,9,11H2,1-2H3,(H2,28,35)(H,30,32,36). The number of hydrogen-bond acceptors (Lipinski definition) is 6. The third kappa shape index (κ3) is 3.94. The van der Waals surface area contributed by atoms with E-state index in [1.807, 2.05) is 6.07 Å². The predicted molar refractivity (Wildman–Crippen MR) is 129 cm³/mol. The Bertz CT molecular complexity index is 1550. The van der Waals surface area contributed by atoms with Crippen LogP contribution in [0.15, 0.2) is 42.6 Å². The molecule has 0 spiro atoms. The van der Waals surface area contributed by atoms with Crippen molar-refractivity contribution in [2.24, 2.45) is 5.73 Å². The van der Waals surface area contributed by atoms with Gasteiger partial charge in [0.15, 0.2) is 0 Å². The number of hydrogen-bond donors (Lipinski definition) is 3. The third-order valence-electron chi connectivity index (χ3n) is 6.05. The molecule has 4 heterocycles. The van der Waals surface area contributed by atoms with Gasteiger partial charge in [-0.2, -0.15) is 5.10 Å². The molecule has 182 valence electrons. The van der Waals surface area contributed by atoms with E-state index in [-0.39, 0.29) is 39.5 Å². The molecular weight excluding hydrogens is 468 g/mol. The van der Waals surface area contributed by atoms with Gasteiger partial charge in [0.25, 0.3) is 11.8 Å². The molecule has 0 fully saturated rings. The zero-order valence-corrected chi connectivity index (χ0v) is 19.4. The molecule has 1 aliphatic heterocycles. The van der Waals surface area contributed by atoms with Gasteiger partial charge in [0.05, 0.1) is 17.1 Å². The van der Waals surface area contributed by atoms with Gasteiger partial charge in [0, 0.05) is 30.3 Å². The summed E-state index contributed by atoms with van der Waals surface area (Å²) in [6, 6.07) is 8.90. The van der Waals surface area contributed by atoms with Crippen molar-refractivity contribution in [3.63, 3.8) is 0 Å². The third-order valence-corrected chi connectivity index (χ3v) is 6.05. The highest BCUT2D eigenvalue weighted by Crippen LogP contribution is 2.36. The van der Waals surface area contributed by atoms with Gasteiger partial charge < -0.3 is 16.4 Å². The fraction of sp³-hybridized carbons (Fsp3) is 0.160. The van der Waals surface area contributed by atoms with Crippen molar-refractivity contribution in [2.45, 2.75) is 26.8 Å². The van der Waals surface area contributed by atoms with Crippen molar-refractivity contribution in [2.75, 3.05) is 10.6 Å². The first-order chi connectivity index (χ1) is 17.2. The fourth-order valence-corrected chi connectivity index (χ4v) is 4.17. The first kappa shape index (κ1) is 23.1. The number of primary amides is 1. The Hall–Kier alpha value is -4.67. The number of rotatable bonds is 4. The maximum absolute atomic E-state index is 15.6. The second-order valence-corrected chi connectivity index (χ2v) is 8.35. The maximum atomic E-state index is 15.6. The molecule has 0 radical (unpaired) electrons. The fourth-order valence-electron chi connectivity index (χ4n) is 4.17. The molecule has 11 heteroatoms. The number of nitrogens with two attached hydrogens (primary N) is 1. The van der Waals surface area contributed by atoms with Crippen LogP contribution in [0.25, 0.3) is 11.3 Å². The Labute approximate surface area is 204 Å². The van der Waals surface area contributed by atoms with Gasteiger partial charge in [-0.25, -0.2) is 18.4 Å². The summed E-state index contributed by atoms with van der Waals surface area (Å²) in [4.78, 5) is 33.6. The lowest BCUT2D eigenvalue weighted by molar-refractivity contribution is 0.0998. The number of nitrogens with zero attached hydrogens (tertiary/aromatic N) is 4. The Kier molecular flexibility index (Phi) is 5.67. The van der Waals surface area contributed by atoms with E-state index in [4.69, 9.17) is 5.73 Å². The van der Waals surface area contributed by atoms with Gasteiger partial charge in [-0.3, -0.25) is 14.6 Å². The van der Waals surface area contributed by atoms with E-state index in [2.05, 4.69) is 25.7 Å². The summed E-state index contributed by atoms with van der Waals surface area (Å²) in [5.41, 5.74) is 7.57. The van der Waals surface area contributed by atoms with Crippen molar-refractivity contribution in [1.29, 1.82) is 0 Å². The van der Waals surface area contributed by atoms with E-state index in [0.717, 1.165) is 5.69 Å². The van der Waals surface area contributed by atoms with Crippen LogP contribution in [-0.2, 0) is 13.0 Å². The van der Waals surface area contributed by atoms with Crippen LogP contribution in [0.4, 0.5) is 26.1 Å². The number of benzene rings is 1. The molecule has 9 nitrogen and oxygen atoms in total. The highest BCUT2D eigenvalue weighted by Gasteiger charge is 2.28. The molecule has 0 atom stereocenters. The molecule has 5 rings (SSSR count). The van der Waals surface area contributed by atoms with Crippen molar-refractivity contribution < 1.29 is 18.4 Å². The maximum Gasteiger partial charge on any atom is 0.257 e. The monoisotopic (exact) mass is 489 g/mol. The molecule has 3 aromatic heterocycles. The van der Waals surface area contributed by atoms with E-state index < -0.39 is 23.4 Å². The summed E-state index contributed by atoms with van der Waals surface area (Å²) >= 11 is 0. The summed E-state index contributed by atoms with van der Waals surface area (Å²) in [6.45, 7) is 3.32. The zero-order chi connectivity index (χ0) is 25.6. The predicted octanol–water partition coefficient (Wildman–Crippen LogP) is 3.89. The van der Waals surface area contributed by atoms with Crippen molar-refractivity contribution in [1.82, 2.24) is 19.7 Å². The molecule has 36 heavy (non-hydrogen) atoms. The summed E-state index contributed by atoms with van der Waals surface area (Å²) < 4.78 is 30.7. The average Bonchev–Trinajstić information content (AvgIpc) is 3.10. The first-order valence-electron chi connectivity index (χ1n) is 11.1. The summed E-state index contributed by atoms with van der Waals surface area (Å²) in [6.07, 6.45) is 2.23. The Balaban J connectivity index is 1.53. The van der Waals surface area contributed by atoms with Crippen LogP contribution in [0.1, 0.15) is 37.7 Å². The van der Waals surface area contributed by atoms with Gasteiger partial charge in [-0.1, -0.05) is 0 Å². The molecule has 1 aliphatic rings. The van der Waals surface area contributed by atoms with E-state index in [9.17, 15) is 14.0 Å². The molecule has 0 bridgehead atoms. The minimum Gasteiger partial charge on any atom is -0.365 e. The van der Waals surface area contributed by atoms with Crippen LogP contribution >= 0.6 is 0 Å². The molecule has 0 saturated carbocycles. The van der Waals surface area contributed by atoms with Gasteiger partial charge in [-0.15, -0.1) is 0 Å². The highest BCUT2D eigenvalue weighted by molar-refractivity contribution is 6.07. The lowest BCUT2D eigenvalue weighted by Gasteiger charge is -2.12. The Morgan fingerprint density at radius 1 is 1.14 bits per heavy atom. The number of carbonyl (C=O) groups is 2. The number of carbonyl (C=O) groups excluding carboxylic acids is 2. The molecular formula is C25H21F2N7O2. The lowest BCUT2D eigenvalue weighted by atomic mass is 9.99. The molecule has 2 amide bonds. The van der Waals surface area contributed by atoms with Crippen LogP contribution < -0.4 is 16.4 Å². The number of halogens is 2. The van der Waals surface area contributed by atoms with E-state index >= 15 is 4.39 Å². The molecule has 1 aromatic carbocycles. The number of pyridine rings is 2. The van der Waals surface area contributed by atoms with Gasteiger partial charge >= 0.3 is 0 Å². The second kappa shape index (κ2) is 8.84. The molecule has 4 aromatic rings. The number of aryl methyl sites for hydroxylation is 3. The highest BCUT2D eigenvalue weighted by atomic mass is 19.1. The zero-order valence-electron chi connectivity index (χ0n) is 19.4. The van der Waals surface area contributed by atoms with E-state index in [1.54, 1.807) is 16.9 Å². The number of amides is 2. The summed E-state index contributed by atoms with van der Waals surface area (Å²) in [5, 5.41) is 10.2. The average molecular weight is 489 g/mol. The van der Waals surface area contributed by atoms with Crippen LogP contribution in [0, 0.1) is 25.5 Å². The Morgan fingerprint density at radius 3 is 2.69 bits per heavy atom. The molecule has 0 saturated heterocycles. The SMILES string of the molecule is Cc1nc(NC(=O)c2ccc(-c3nn4c(c3C(N)=O)Nc3cccnc3CC4)c(F)c2C)ccc1F. The second-order valence-electron chi connectivity index (χ2n) is 8.35. The molecule has 4 N–H and O–H groups in total. The summed E-state index contributed by atoms with van der Waals surface area (Å²) in [7, 11) is 0. The van der Waals surface area contributed by atoms with Crippen LogP contribution in [-0.4, -0.2) is 31.6 Å². The number of fused-ring (bicyclic) bond motifs is 2. The van der Waals surface area contributed by atoms with Crippen molar-refractivity contribution in [3.05, 3.63) is 82.3 Å².